The Balaban J connectivity index is 2.12. The van der Waals surface area contributed by atoms with Gasteiger partial charge in [0.25, 0.3) is 0 Å². The Labute approximate surface area is 74.6 Å². The molecular weight excluding hydrogens is 152 g/mol. The average molecular weight is 170 g/mol. The van der Waals surface area contributed by atoms with E-state index < -0.39 is 0 Å². The van der Waals surface area contributed by atoms with Gasteiger partial charge in [0.2, 0.25) is 0 Å². The second-order valence-electron chi connectivity index (χ2n) is 3.23. The smallest absolute Gasteiger partial charge is 0.0900 e. The van der Waals surface area contributed by atoms with E-state index in [0.29, 0.717) is 0 Å². The van der Waals surface area contributed by atoms with Crippen molar-refractivity contribution in [2.45, 2.75) is 38.7 Å². The predicted molar refractivity (Wildman–Crippen MR) is 49.0 cm³/mol. The number of hydrogen-bond donors (Lipinski definition) is 0. The summed E-state index contributed by atoms with van der Waals surface area (Å²) in [6.07, 6.45) is 6.96. The van der Waals surface area contributed by atoms with Crippen LogP contribution in [0.2, 0.25) is 0 Å². The van der Waals surface area contributed by atoms with Crippen LogP contribution in [0, 0.1) is 0 Å². The molecule has 0 bridgehead atoms. The lowest BCUT2D eigenvalue weighted by Gasteiger charge is -2.41. The largest absolute Gasteiger partial charge is 0.501 e. The molecule has 70 valence electrons. The van der Waals surface area contributed by atoms with Crippen LogP contribution in [0.15, 0.2) is 12.3 Å². The molecule has 0 N–H and O–H groups in total. The van der Waals surface area contributed by atoms with E-state index in [4.69, 9.17) is 9.47 Å². The fraction of sp³-hybridized carbons (Fsp3) is 0.800. The molecule has 1 atom stereocenters. The molecule has 0 amide bonds. The maximum Gasteiger partial charge on any atom is 0.0900 e. The highest BCUT2D eigenvalue weighted by atomic mass is 16.5. The van der Waals surface area contributed by atoms with Crippen molar-refractivity contribution in [2.75, 3.05) is 13.2 Å². The van der Waals surface area contributed by atoms with E-state index in [1.807, 2.05) is 13.0 Å². The summed E-state index contributed by atoms with van der Waals surface area (Å²) < 4.78 is 10.8. The van der Waals surface area contributed by atoms with Gasteiger partial charge in [-0.15, -0.1) is 0 Å². The maximum atomic E-state index is 5.54. The van der Waals surface area contributed by atoms with E-state index in [2.05, 4.69) is 6.92 Å². The van der Waals surface area contributed by atoms with Crippen LogP contribution in [0.4, 0.5) is 0 Å². The van der Waals surface area contributed by atoms with Crippen molar-refractivity contribution < 1.29 is 9.47 Å². The Bertz CT molecular complexity index is 142. The van der Waals surface area contributed by atoms with Gasteiger partial charge in [-0.3, -0.25) is 0 Å². The van der Waals surface area contributed by atoms with E-state index >= 15 is 0 Å². The molecule has 0 spiro atoms. The lowest BCUT2D eigenvalue weighted by atomic mass is 9.89. The highest BCUT2D eigenvalue weighted by Gasteiger charge is 2.35. The van der Waals surface area contributed by atoms with E-state index in [1.54, 1.807) is 6.26 Å². The van der Waals surface area contributed by atoms with Crippen LogP contribution in [0.25, 0.3) is 0 Å². The summed E-state index contributed by atoms with van der Waals surface area (Å²) in [6.45, 7) is 5.83. The zero-order valence-electron chi connectivity index (χ0n) is 8.01. The Morgan fingerprint density at radius 1 is 1.58 bits per heavy atom. The van der Waals surface area contributed by atoms with Gasteiger partial charge < -0.3 is 9.47 Å². The molecule has 2 nitrogen and oxygen atoms in total. The molecule has 1 rings (SSSR count). The van der Waals surface area contributed by atoms with Crippen molar-refractivity contribution in [2.24, 2.45) is 0 Å². The molecular formula is C10H18O2. The van der Waals surface area contributed by atoms with Crippen LogP contribution in [0.3, 0.4) is 0 Å². The maximum absolute atomic E-state index is 5.54. The fourth-order valence-corrected chi connectivity index (χ4v) is 1.45. The van der Waals surface area contributed by atoms with Crippen LogP contribution >= 0.6 is 0 Å². The van der Waals surface area contributed by atoms with Crippen molar-refractivity contribution >= 4 is 0 Å². The highest BCUT2D eigenvalue weighted by Crippen LogP contribution is 2.33. The second kappa shape index (κ2) is 4.51. The molecule has 1 aliphatic rings. The molecule has 0 saturated carbocycles. The van der Waals surface area contributed by atoms with Crippen LogP contribution in [0.5, 0.6) is 0 Å². The van der Waals surface area contributed by atoms with Gasteiger partial charge in [-0.25, -0.2) is 0 Å². The molecule has 0 aliphatic carbocycles. The molecule has 0 radical (unpaired) electrons. The minimum absolute atomic E-state index is 0.154. The third-order valence-corrected chi connectivity index (χ3v) is 2.52. The van der Waals surface area contributed by atoms with E-state index in [1.165, 1.54) is 6.42 Å². The number of ether oxygens (including phenoxy) is 2. The predicted octanol–water partition coefficient (Wildman–Crippen LogP) is 2.50. The van der Waals surface area contributed by atoms with Gasteiger partial charge in [0.05, 0.1) is 25.1 Å². The molecule has 12 heavy (non-hydrogen) atoms. The van der Waals surface area contributed by atoms with Gasteiger partial charge in [0.15, 0.2) is 0 Å². The topological polar surface area (TPSA) is 18.5 Å². The molecule has 0 aromatic heterocycles. The third kappa shape index (κ3) is 2.24. The van der Waals surface area contributed by atoms with Gasteiger partial charge >= 0.3 is 0 Å². The highest BCUT2D eigenvalue weighted by molar-refractivity contribution is 4.86. The zero-order chi connectivity index (χ0) is 8.86. The summed E-state index contributed by atoms with van der Waals surface area (Å²) in [4.78, 5) is 0. The van der Waals surface area contributed by atoms with Crippen molar-refractivity contribution in [1.29, 1.82) is 0 Å². The summed E-state index contributed by atoms with van der Waals surface area (Å²) in [5, 5.41) is 0. The quantitative estimate of drug-likeness (QED) is 0.466. The average Bonchev–Trinajstić information content (AvgIpc) is 2.02. The Kier molecular flexibility index (Phi) is 3.60. The number of allylic oxidation sites excluding steroid dienone is 1. The normalized spacial score (nSPS) is 28.8. The van der Waals surface area contributed by atoms with Crippen molar-refractivity contribution in [3.8, 4) is 0 Å². The summed E-state index contributed by atoms with van der Waals surface area (Å²) in [7, 11) is 0. The van der Waals surface area contributed by atoms with Gasteiger partial charge in [0.1, 0.15) is 0 Å². The molecule has 2 heteroatoms. The number of hydrogen-bond acceptors (Lipinski definition) is 2. The van der Waals surface area contributed by atoms with Gasteiger partial charge in [-0.05, 0) is 19.8 Å². The van der Waals surface area contributed by atoms with E-state index in [-0.39, 0.29) is 5.60 Å². The van der Waals surface area contributed by atoms with E-state index in [0.717, 1.165) is 26.1 Å². The lowest BCUT2D eigenvalue weighted by Crippen LogP contribution is -2.43. The Morgan fingerprint density at radius 2 is 2.33 bits per heavy atom. The summed E-state index contributed by atoms with van der Waals surface area (Å²) in [5.41, 5.74) is 0.154. The fourth-order valence-electron chi connectivity index (χ4n) is 1.45. The van der Waals surface area contributed by atoms with Gasteiger partial charge in [-0.2, -0.15) is 0 Å². The van der Waals surface area contributed by atoms with Gasteiger partial charge in [-0.1, -0.05) is 13.0 Å². The summed E-state index contributed by atoms with van der Waals surface area (Å²) in [5.74, 6) is 0. The first-order valence-corrected chi connectivity index (χ1v) is 4.70. The molecule has 0 aromatic carbocycles. The van der Waals surface area contributed by atoms with Crippen molar-refractivity contribution in [3.05, 3.63) is 12.3 Å². The second-order valence-corrected chi connectivity index (χ2v) is 3.23. The first kappa shape index (κ1) is 9.59. The Hall–Kier alpha value is -0.500. The molecule has 1 aliphatic heterocycles. The first-order valence-electron chi connectivity index (χ1n) is 4.70. The SMILES string of the molecule is CC=COCCC1(CC)CCO1. The van der Waals surface area contributed by atoms with Gasteiger partial charge in [0, 0.05) is 6.42 Å². The minimum atomic E-state index is 0.154. The van der Waals surface area contributed by atoms with Crippen LogP contribution < -0.4 is 0 Å². The third-order valence-electron chi connectivity index (χ3n) is 2.52. The van der Waals surface area contributed by atoms with Crippen LogP contribution in [0.1, 0.15) is 33.1 Å². The lowest BCUT2D eigenvalue weighted by molar-refractivity contribution is -0.158. The van der Waals surface area contributed by atoms with E-state index in [9.17, 15) is 0 Å². The van der Waals surface area contributed by atoms with Crippen molar-refractivity contribution in [1.82, 2.24) is 0 Å². The summed E-state index contributed by atoms with van der Waals surface area (Å²) >= 11 is 0. The van der Waals surface area contributed by atoms with Crippen molar-refractivity contribution in [3.63, 3.8) is 0 Å². The zero-order valence-corrected chi connectivity index (χ0v) is 8.01. The van der Waals surface area contributed by atoms with Crippen LogP contribution in [-0.4, -0.2) is 18.8 Å². The minimum Gasteiger partial charge on any atom is -0.501 e. The van der Waals surface area contributed by atoms with Crippen LogP contribution in [-0.2, 0) is 9.47 Å². The first-order chi connectivity index (χ1) is 5.83. The molecule has 1 fully saturated rings. The summed E-state index contributed by atoms with van der Waals surface area (Å²) in [6, 6.07) is 0. The molecule has 1 unspecified atom stereocenters. The standard InChI is InChI=1S/C10H18O2/c1-3-7-11-8-5-10(4-2)6-9-12-10/h3,7H,4-6,8-9H2,1-2H3. The monoisotopic (exact) mass is 170 g/mol. The Morgan fingerprint density at radius 3 is 2.75 bits per heavy atom. The molecule has 0 aromatic rings. The molecule has 1 heterocycles. The molecule has 1 saturated heterocycles. The number of rotatable bonds is 5.